The fourth-order valence-corrected chi connectivity index (χ4v) is 3.99. The van der Waals surface area contributed by atoms with Crippen LogP contribution >= 0.6 is 11.3 Å². The van der Waals surface area contributed by atoms with Crippen LogP contribution in [-0.2, 0) is 6.54 Å². The number of rotatable bonds is 4. The summed E-state index contributed by atoms with van der Waals surface area (Å²) in [5.74, 6) is 0.154. The summed E-state index contributed by atoms with van der Waals surface area (Å²) in [4.78, 5) is 30.1. The van der Waals surface area contributed by atoms with Crippen molar-refractivity contribution in [2.45, 2.75) is 13.5 Å². The van der Waals surface area contributed by atoms with Crippen molar-refractivity contribution in [1.82, 2.24) is 14.9 Å². The van der Waals surface area contributed by atoms with Gasteiger partial charge in [-0.05, 0) is 24.6 Å². The highest BCUT2D eigenvalue weighted by Crippen LogP contribution is 2.25. The minimum atomic E-state index is -0.227. The summed E-state index contributed by atoms with van der Waals surface area (Å²) in [6.45, 7) is 2.18. The largest absolute Gasteiger partial charge is 0.593 e. The highest BCUT2D eigenvalue weighted by atomic mass is 32.1. The molecular formula is C21H18N3O3S+. The molecule has 0 fully saturated rings. The topological polar surface area (TPSA) is 86.9 Å². The number of hydrogen-bond donors (Lipinski definition) is 1. The Balaban J connectivity index is 1.68. The Labute approximate surface area is 164 Å². The van der Waals surface area contributed by atoms with Crippen molar-refractivity contribution in [3.05, 3.63) is 87.2 Å². The number of amides is 1. The maximum absolute atomic E-state index is 12.6. The van der Waals surface area contributed by atoms with Crippen LogP contribution in [0.4, 0.5) is 0 Å². The van der Waals surface area contributed by atoms with E-state index in [0.29, 0.717) is 33.5 Å². The first kappa shape index (κ1) is 17.9. The third-order valence-electron chi connectivity index (χ3n) is 4.37. The molecule has 3 N–H and O–H groups in total. The van der Waals surface area contributed by atoms with E-state index in [1.807, 2.05) is 30.3 Å². The van der Waals surface area contributed by atoms with Crippen LogP contribution in [0.2, 0.25) is 0 Å². The summed E-state index contributed by atoms with van der Waals surface area (Å²) >= 11 is 1.18. The van der Waals surface area contributed by atoms with E-state index in [2.05, 4.69) is 10.3 Å². The Morgan fingerprint density at radius 2 is 1.93 bits per heavy atom. The number of benzene rings is 2. The first-order valence-electron chi connectivity index (χ1n) is 8.70. The minimum Gasteiger partial charge on any atom is -0.593 e. The van der Waals surface area contributed by atoms with Crippen LogP contribution in [0.1, 0.15) is 20.9 Å². The van der Waals surface area contributed by atoms with Gasteiger partial charge in [-0.3, -0.25) is 14.2 Å². The summed E-state index contributed by atoms with van der Waals surface area (Å²) in [5.41, 5.74) is 2.02. The molecule has 0 radical (unpaired) electrons. The average molecular weight is 392 g/mol. The molecular weight excluding hydrogens is 374 g/mol. The van der Waals surface area contributed by atoms with Gasteiger partial charge in [0.1, 0.15) is 4.88 Å². The lowest BCUT2D eigenvalue weighted by Gasteiger charge is -2.06. The second kappa shape index (κ2) is 7.28. The van der Waals surface area contributed by atoms with Gasteiger partial charge in [0.2, 0.25) is 0 Å². The maximum Gasteiger partial charge on any atom is 0.263 e. The molecule has 0 bridgehead atoms. The zero-order valence-corrected chi connectivity index (χ0v) is 15.9. The van der Waals surface area contributed by atoms with E-state index in [1.165, 1.54) is 22.0 Å². The molecule has 4 aromatic rings. The number of thiazole rings is 1. The van der Waals surface area contributed by atoms with E-state index >= 15 is 0 Å². The zero-order valence-electron chi connectivity index (χ0n) is 15.1. The standard InChI is InChI=1S/C21H17N3O3S/c1-13-19(20(27)22-12-14-5-3-2-4-6-14)28-21(23-13)24-17-9-8-16(25)11-15(17)7-10-18(24)26/h2-11,25H,12H2,1H3,(H,22,27)/p+1. The molecule has 2 aromatic heterocycles. The lowest BCUT2D eigenvalue weighted by atomic mass is 10.2. The monoisotopic (exact) mass is 392 g/mol. The highest BCUT2D eigenvalue weighted by Gasteiger charge is 2.18. The van der Waals surface area contributed by atoms with E-state index in [9.17, 15) is 9.59 Å². The molecule has 6 nitrogen and oxygen atoms in total. The molecule has 28 heavy (non-hydrogen) atoms. The second-order valence-electron chi connectivity index (χ2n) is 6.36. The van der Waals surface area contributed by atoms with Gasteiger partial charge in [0.25, 0.3) is 17.2 Å². The Bertz CT molecular complexity index is 1230. The molecule has 0 saturated carbocycles. The first-order valence-corrected chi connectivity index (χ1v) is 9.52. The highest BCUT2D eigenvalue weighted by molar-refractivity contribution is 7.16. The third kappa shape index (κ3) is 3.39. The van der Waals surface area contributed by atoms with Gasteiger partial charge >= 0.3 is 0 Å². The number of hydrogen-bond acceptors (Lipinski definition) is 4. The number of pyridine rings is 1. The lowest BCUT2D eigenvalue weighted by Crippen LogP contribution is -2.22. The molecule has 0 atom stereocenters. The number of nitrogens with one attached hydrogen (secondary N) is 1. The van der Waals surface area contributed by atoms with Crippen LogP contribution in [0.15, 0.2) is 65.5 Å². The van der Waals surface area contributed by atoms with Gasteiger partial charge in [-0.2, -0.15) is 0 Å². The van der Waals surface area contributed by atoms with Gasteiger partial charge in [0, 0.05) is 30.1 Å². The predicted octanol–water partition coefficient (Wildman–Crippen LogP) is 3.12. The molecule has 0 saturated heterocycles. The fraction of sp³-hybridized carbons (Fsp3) is 0.0952. The first-order chi connectivity index (χ1) is 13.5. The second-order valence-corrected chi connectivity index (χ2v) is 7.34. The van der Waals surface area contributed by atoms with Gasteiger partial charge < -0.3 is 10.4 Å². The van der Waals surface area contributed by atoms with E-state index in [0.717, 1.165) is 10.9 Å². The van der Waals surface area contributed by atoms with E-state index in [1.54, 1.807) is 31.2 Å². The Morgan fingerprint density at radius 3 is 2.71 bits per heavy atom. The Hall–Kier alpha value is -3.45. The third-order valence-corrected chi connectivity index (χ3v) is 5.51. The number of carbonyl (C=O) groups is 1. The van der Waals surface area contributed by atoms with E-state index in [-0.39, 0.29) is 11.5 Å². The Morgan fingerprint density at radius 1 is 1.14 bits per heavy atom. The van der Waals surface area contributed by atoms with Crippen molar-refractivity contribution in [3.8, 4) is 10.9 Å². The average Bonchev–Trinajstić information content (AvgIpc) is 3.08. The summed E-state index contributed by atoms with van der Waals surface area (Å²) in [7, 11) is 0. The quantitative estimate of drug-likeness (QED) is 0.541. The van der Waals surface area contributed by atoms with E-state index < -0.39 is 0 Å². The molecule has 0 spiro atoms. The van der Waals surface area contributed by atoms with Gasteiger partial charge in [0.15, 0.2) is 5.13 Å². The molecule has 2 heterocycles. The van der Waals surface area contributed by atoms with Crippen molar-refractivity contribution in [2.24, 2.45) is 0 Å². The molecule has 7 heteroatoms. The SMILES string of the molecule is Cc1nc(-n2c(=O)ccc3cc([OH2+])ccc32)sc1C(=O)NCc1ccccc1. The number of aryl methyl sites for hydroxylation is 1. The molecule has 0 aliphatic heterocycles. The Kier molecular flexibility index (Phi) is 4.67. The van der Waals surface area contributed by atoms with Gasteiger partial charge in [0.05, 0.1) is 11.2 Å². The fourth-order valence-electron chi connectivity index (χ4n) is 2.99. The van der Waals surface area contributed by atoms with Crippen LogP contribution in [0.5, 0.6) is 5.75 Å². The van der Waals surface area contributed by atoms with Gasteiger partial charge in [-0.25, -0.2) is 4.98 Å². The normalized spacial score (nSPS) is 10.9. The molecule has 0 aliphatic carbocycles. The van der Waals surface area contributed by atoms with Crippen molar-refractivity contribution in [3.63, 3.8) is 0 Å². The zero-order chi connectivity index (χ0) is 19.7. The summed E-state index contributed by atoms with van der Waals surface area (Å²) in [6, 6.07) is 17.9. The number of fused-ring (bicyclic) bond motifs is 1. The van der Waals surface area contributed by atoms with Gasteiger partial charge in [-0.1, -0.05) is 41.7 Å². The van der Waals surface area contributed by atoms with Gasteiger partial charge in [-0.15, -0.1) is 0 Å². The van der Waals surface area contributed by atoms with Crippen LogP contribution < -0.4 is 10.9 Å². The molecule has 0 unspecified atom stereocenters. The minimum absolute atomic E-state index is 0.216. The van der Waals surface area contributed by atoms with Crippen LogP contribution in [0.25, 0.3) is 16.0 Å². The van der Waals surface area contributed by atoms with Crippen molar-refractivity contribution in [1.29, 1.82) is 0 Å². The van der Waals surface area contributed by atoms with Crippen LogP contribution in [0, 0.1) is 6.92 Å². The number of carbonyl (C=O) groups excluding carboxylic acids is 1. The molecule has 4 rings (SSSR count). The summed E-state index contributed by atoms with van der Waals surface area (Å²) in [5, 5.41) is 11.9. The smallest absolute Gasteiger partial charge is 0.263 e. The molecule has 140 valence electrons. The predicted molar refractivity (Wildman–Crippen MR) is 111 cm³/mol. The number of aromatic nitrogens is 2. The number of nitrogens with zero attached hydrogens (tertiary/aromatic N) is 2. The van der Waals surface area contributed by atoms with Crippen LogP contribution in [0.3, 0.4) is 0 Å². The molecule has 0 aliphatic rings. The van der Waals surface area contributed by atoms with E-state index in [4.69, 9.17) is 5.11 Å². The van der Waals surface area contributed by atoms with Crippen molar-refractivity contribution < 1.29 is 9.90 Å². The van der Waals surface area contributed by atoms with Crippen LogP contribution in [-0.4, -0.2) is 20.6 Å². The van der Waals surface area contributed by atoms with Crippen molar-refractivity contribution >= 4 is 28.1 Å². The van der Waals surface area contributed by atoms with Crippen molar-refractivity contribution in [2.75, 3.05) is 0 Å². The summed E-state index contributed by atoms with van der Waals surface area (Å²) in [6.07, 6.45) is 0. The maximum atomic E-state index is 12.6. The lowest BCUT2D eigenvalue weighted by molar-refractivity contribution is 0.0954. The summed E-state index contributed by atoms with van der Waals surface area (Å²) < 4.78 is 1.49. The molecule has 2 aromatic carbocycles. The molecule has 1 amide bonds.